The van der Waals surface area contributed by atoms with E-state index in [1.54, 1.807) is 6.07 Å². The molecule has 0 radical (unpaired) electrons. The maximum atomic E-state index is 14.2. The van der Waals surface area contributed by atoms with Crippen molar-refractivity contribution in [3.05, 3.63) is 94.7 Å². The van der Waals surface area contributed by atoms with E-state index >= 15 is 0 Å². The van der Waals surface area contributed by atoms with E-state index in [1.807, 2.05) is 11.9 Å². The molecule has 41 heavy (non-hydrogen) atoms. The molecule has 1 amide bonds. The van der Waals surface area contributed by atoms with Gasteiger partial charge in [0.25, 0.3) is 5.91 Å². The second kappa shape index (κ2) is 11.5. The standard InChI is InChI=1S/C30H26F4N6O/c1-39-9-11-40(12-10-39)18-20-6-7-22(14-26(20)30(32,33)34)38-29(41)21-13-19(15-36-16-21)5-8-24-23-3-2-4-27(31)25(23)17-37-28(24)35/h2-4,6-7,13-17H,9-12,18H2,1H3,(H2,35,37)(H,38,41). The lowest BCUT2D eigenvalue weighted by Gasteiger charge is -2.33. The number of benzene rings is 2. The van der Waals surface area contributed by atoms with E-state index in [0.29, 0.717) is 29.6 Å². The number of carbonyl (C=O) groups excluding carboxylic acids is 1. The van der Waals surface area contributed by atoms with Gasteiger partial charge in [0.05, 0.1) is 16.7 Å². The Labute approximate surface area is 234 Å². The predicted molar refractivity (Wildman–Crippen MR) is 149 cm³/mol. The minimum atomic E-state index is -4.58. The Morgan fingerprint density at radius 3 is 2.56 bits per heavy atom. The number of fused-ring (bicyclic) bond motifs is 1. The third kappa shape index (κ3) is 6.45. The molecule has 0 aliphatic carbocycles. The van der Waals surface area contributed by atoms with Crippen LogP contribution >= 0.6 is 0 Å². The van der Waals surface area contributed by atoms with Crippen LogP contribution in [0.1, 0.15) is 32.6 Å². The molecule has 7 nitrogen and oxygen atoms in total. The van der Waals surface area contributed by atoms with E-state index in [4.69, 9.17) is 5.73 Å². The van der Waals surface area contributed by atoms with Crippen LogP contribution in [0.4, 0.5) is 29.1 Å². The van der Waals surface area contributed by atoms with Gasteiger partial charge in [-0.15, -0.1) is 0 Å². The zero-order valence-electron chi connectivity index (χ0n) is 22.1. The quantitative estimate of drug-likeness (QED) is 0.275. The van der Waals surface area contributed by atoms with Crippen LogP contribution in [0.25, 0.3) is 10.8 Å². The number of piperazine rings is 1. The number of nitrogens with zero attached hydrogens (tertiary/aromatic N) is 4. The van der Waals surface area contributed by atoms with Crippen molar-refractivity contribution in [3.8, 4) is 11.8 Å². The molecule has 1 aliphatic rings. The Bertz CT molecular complexity index is 1670. The second-order valence-electron chi connectivity index (χ2n) is 9.84. The Hall–Kier alpha value is -4.53. The van der Waals surface area contributed by atoms with Crippen LogP contribution in [0.5, 0.6) is 0 Å². The minimum Gasteiger partial charge on any atom is -0.383 e. The molecule has 3 heterocycles. The summed E-state index contributed by atoms with van der Waals surface area (Å²) in [4.78, 5) is 25.1. The lowest BCUT2D eigenvalue weighted by atomic mass is 10.0. The SMILES string of the molecule is CN1CCN(Cc2ccc(NC(=O)c3cncc(C#Cc4c(N)ncc5c(F)cccc45)c3)cc2C(F)(F)F)CC1. The van der Waals surface area contributed by atoms with Gasteiger partial charge in [-0.25, -0.2) is 9.37 Å². The molecule has 3 N–H and O–H groups in total. The molecule has 2 aromatic heterocycles. The molecule has 1 fully saturated rings. The number of carbonyl (C=O) groups is 1. The summed E-state index contributed by atoms with van der Waals surface area (Å²) in [5.41, 5.74) is 6.13. The van der Waals surface area contributed by atoms with Crippen molar-refractivity contribution in [2.75, 3.05) is 44.3 Å². The van der Waals surface area contributed by atoms with Gasteiger partial charge in [-0.05, 0) is 36.9 Å². The average molecular weight is 563 g/mol. The van der Waals surface area contributed by atoms with Crippen LogP contribution < -0.4 is 11.1 Å². The van der Waals surface area contributed by atoms with Crippen LogP contribution in [0.3, 0.4) is 0 Å². The van der Waals surface area contributed by atoms with Gasteiger partial charge in [-0.2, -0.15) is 13.2 Å². The van der Waals surface area contributed by atoms with Gasteiger partial charge in [0, 0.05) is 73.3 Å². The van der Waals surface area contributed by atoms with E-state index in [9.17, 15) is 22.4 Å². The monoisotopic (exact) mass is 562 g/mol. The smallest absolute Gasteiger partial charge is 0.383 e. The minimum absolute atomic E-state index is 0.0116. The fourth-order valence-corrected chi connectivity index (χ4v) is 4.63. The van der Waals surface area contributed by atoms with Crippen LogP contribution in [-0.4, -0.2) is 58.9 Å². The number of nitrogens with two attached hydrogens (primary N) is 1. The van der Waals surface area contributed by atoms with Gasteiger partial charge >= 0.3 is 6.18 Å². The highest BCUT2D eigenvalue weighted by Gasteiger charge is 2.34. The van der Waals surface area contributed by atoms with Crippen molar-refractivity contribution in [1.29, 1.82) is 0 Å². The van der Waals surface area contributed by atoms with Gasteiger partial charge in [-0.3, -0.25) is 14.7 Å². The fourth-order valence-electron chi connectivity index (χ4n) is 4.63. The Balaban J connectivity index is 1.36. The maximum Gasteiger partial charge on any atom is 0.416 e. The van der Waals surface area contributed by atoms with Crippen molar-refractivity contribution in [3.63, 3.8) is 0 Å². The molecule has 4 aromatic rings. The van der Waals surface area contributed by atoms with Crippen molar-refractivity contribution in [2.45, 2.75) is 12.7 Å². The van der Waals surface area contributed by atoms with E-state index in [2.05, 4.69) is 32.0 Å². The van der Waals surface area contributed by atoms with Crippen molar-refractivity contribution in [1.82, 2.24) is 19.8 Å². The first-order valence-corrected chi connectivity index (χ1v) is 12.8. The normalized spacial score (nSPS) is 14.5. The van der Waals surface area contributed by atoms with Gasteiger partial charge in [0.2, 0.25) is 0 Å². The molecule has 1 aliphatic heterocycles. The molecule has 5 rings (SSSR count). The Morgan fingerprint density at radius 1 is 1.02 bits per heavy atom. The zero-order valence-corrected chi connectivity index (χ0v) is 22.1. The zero-order chi connectivity index (χ0) is 29.1. The lowest BCUT2D eigenvalue weighted by Crippen LogP contribution is -2.44. The van der Waals surface area contributed by atoms with Gasteiger partial charge in [-0.1, -0.05) is 30.0 Å². The highest BCUT2D eigenvalue weighted by molar-refractivity contribution is 6.04. The second-order valence-corrected chi connectivity index (χ2v) is 9.84. The van der Waals surface area contributed by atoms with Crippen molar-refractivity contribution >= 4 is 28.2 Å². The Morgan fingerprint density at radius 2 is 1.80 bits per heavy atom. The largest absolute Gasteiger partial charge is 0.416 e. The van der Waals surface area contributed by atoms with Crippen LogP contribution in [0.2, 0.25) is 0 Å². The number of rotatable bonds is 4. The summed E-state index contributed by atoms with van der Waals surface area (Å²) in [6, 6.07) is 9.80. The average Bonchev–Trinajstić information content (AvgIpc) is 2.94. The van der Waals surface area contributed by atoms with E-state index in [1.165, 1.54) is 48.9 Å². The van der Waals surface area contributed by atoms with Crippen molar-refractivity contribution in [2.24, 2.45) is 0 Å². The topological polar surface area (TPSA) is 87.4 Å². The predicted octanol–water partition coefficient (Wildman–Crippen LogP) is 4.77. The molecule has 0 saturated carbocycles. The molecule has 1 saturated heterocycles. The van der Waals surface area contributed by atoms with E-state index in [-0.39, 0.29) is 34.6 Å². The summed E-state index contributed by atoms with van der Waals surface area (Å²) in [5.74, 6) is 4.75. The number of aromatic nitrogens is 2. The summed E-state index contributed by atoms with van der Waals surface area (Å²) in [7, 11) is 1.98. The summed E-state index contributed by atoms with van der Waals surface area (Å²) in [6.45, 7) is 3.11. The number of amides is 1. The molecular weight excluding hydrogens is 536 g/mol. The molecule has 0 bridgehead atoms. The number of alkyl halides is 3. The van der Waals surface area contributed by atoms with E-state index < -0.39 is 23.5 Å². The highest BCUT2D eigenvalue weighted by atomic mass is 19.4. The van der Waals surface area contributed by atoms with Gasteiger partial charge in [0.15, 0.2) is 0 Å². The first-order chi connectivity index (χ1) is 19.6. The maximum absolute atomic E-state index is 14.2. The number of halogens is 4. The van der Waals surface area contributed by atoms with Crippen molar-refractivity contribution < 1.29 is 22.4 Å². The first-order valence-electron chi connectivity index (χ1n) is 12.8. The molecular formula is C30H26F4N6O. The number of nitrogens with one attached hydrogen (secondary N) is 1. The van der Waals surface area contributed by atoms with Gasteiger partial charge < -0.3 is 16.0 Å². The number of nitrogen functional groups attached to an aromatic ring is 1. The molecule has 210 valence electrons. The highest BCUT2D eigenvalue weighted by Crippen LogP contribution is 2.35. The van der Waals surface area contributed by atoms with Crippen LogP contribution in [0, 0.1) is 17.7 Å². The number of pyridine rings is 2. The molecule has 0 spiro atoms. The third-order valence-corrected chi connectivity index (χ3v) is 6.91. The van der Waals surface area contributed by atoms with Crippen LogP contribution in [-0.2, 0) is 12.7 Å². The Kier molecular flexibility index (Phi) is 7.88. The molecule has 2 aromatic carbocycles. The number of anilines is 2. The number of likely N-dealkylation sites (N-methyl/N-ethyl adjacent to an activating group) is 1. The van der Waals surface area contributed by atoms with Crippen LogP contribution in [0.15, 0.2) is 61.1 Å². The molecule has 0 unspecified atom stereocenters. The first kappa shape index (κ1) is 28.0. The summed E-state index contributed by atoms with van der Waals surface area (Å²) in [6.07, 6.45) is -0.536. The fraction of sp³-hybridized carbons (Fsp3) is 0.233. The molecule has 0 atom stereocenters. The summed E-state index contributed by atoms with van der Waals surface area (Å²) < 4.78 is 56.0. The summed E-state index contributed by atoms with van der Waals surface area (Å²) >= 11 is 0. The third-order valence-electron chi connectivity index (χ3n) is 6.91. The van der Waals surface area contributed by atoms with Gasteiger partial charge in [0.1, 0.15) is 11.6 Å². The molecule has 11 heteroatoms. The summed E-state index contributed by atoms with van der Waals surface area (Å²) in [5, 5.41) is 3.29. The number of hydrogen-bond acceptors (Lipinski definition) is 6. The lowest BCUT2D eigenvalue weighted by molar-refractivity contribution is -0.138. The number of hydrogen-bond donors (Lipinski definition) is 2. The van der Waals surface area contributed by atoms with E-state index in [0.717, 1.165) is 19.2 Å².